The molecule has 1 aromatic heterocycles. The standard InChI is InChI=1S/C19H15Cl2N3O2/c1-12-3-2-4-14(9-12)19-23-18(26-24-19)11-22-17(25)8-6-13-5-7-15(20)10-16(13)21/h2-10H,11H2,1H3,(H,22,25)/b8-6+. The summed E-state index contributed by atoms with van der Waals surface area (Å²) in [6, 6.07) is 12.8. The van der Waals surface area contributed by atoms with E-state index in [-0.39, 0.29) is 12.5 Å². The first-order chi connectivity index (χ1) is 12.5. The summed E-state index contributed by atoms with van der Waals surface area (Å²) in [5, 5.41) is 7.63. The monoisotopic (exact) mass is 387 g/mol. The summed E-state index contributed by atoms with van der Waals surface area (Å²) < 4.78 is 5.17. The number of nitrogens with one attached hydrogen (secondary N) is 1. The van der Waals surface area contributed by atoms with Crippen LogP contribution in [0.4, 0.5) is 0 Å². The first kappa shape index (κ1) is 18.2. The minimum Gasteiger partial charge on any atom is -0.343 e. The minimum atomic E-state index is -0.300. The van der Waals surface area contributed by atoms with Crippen molar-refractivity contribution >= 4 is 35.2 Å². The molecule has 1 N–H and O–H groups in total. The molecule has 0 unspecified atom stereocenters. The topological polar surface area (TPSA) is 68.0 Å². The number of carbonyl (C=O) groups is 1. The van der Waals surface area contributed by atoms with E-state index in [0.717, 1.165) is 11.1 Å². The maximum atomic E-state index is 11.9. The van der Waals surface area contributed by atoms with Crippen LogP contribution in [0.1, 0.15) is 17.0 Å². The molecule has 0 fully saturated rings. The molecule has 1 heterocycles. The Bertz CT molecular complexity index is 967. The van der Waals surface area contributed by atoms with Crippen LogP contribution in [0.5, 0.6) is 0 Å². The van der Waals surface area contributed by atoms with Crippen LogP contribution in [0, 0.1) is 6.92 Å². The van der Waals surface area contributed by atoms with E-state index in [1.807, 2.05) is 31.2 Å². The van der Waals surface area contributed by atoms with Crippen molar-refractivity contribution in [3.8, 4) is 11.4 Å². The second-order valence-electron chi connectivity index (χ2n) is 5.60. The average Bonchev–Trinajstić information content (AvgIpc) is 3.08. The average molecular weight is 388 g/mol. The van der Waals surface area contributed by atoms with E-state index in [4.69, 9.17) is 27.7 Å². The summed E-state index contributed by atoms with van der Waals surface area (Å²) in [4.78, 5) is 16.2. The van der Waals surface area contributed by atoms with Crippen molar-refractivity contribution < 1.29 is 9.32 Å². The fourth-order valence-corrected chi connectivity index (χ4v) is 2.72. The minimum absolute atomic E-state index is 0.135. The lowest BCUT2D eigenvalue weighted by molar-refractivity contribution is -0.116. The predicted octanol–water partition coefficient (Wildman–Crippen LogP) is 4.68. The van der Waals surface area contributed by atoms with E-state index in [1.54, 1.807) is 24.3 Å². The lowest BCUT2D eigenvalue weighted by Gasteiger charge is -1.99. The van der Waals surface area contributed by atoms with Crippen LogP contribution in [0.2, 0.25) is 10.0 Å². The van der Waals surface area contributed by atoms with Crippen molar-refractivity contribution in [2.24, 2.45) is 0 Å². The third kappa shape index (κ3) is 4.71. The van der Waals surface area contributed by atoms with Gasteiger partial charge in [0.05, 0.1) is 6.54 Å². The van der Waals surface area contributed by atoms with Gasteiger partial charge in [-0.1, -0.05) is 58.2 Å². The molecule has 0 spiro atoms. The zero-order valence-electron chi connectivity index (χ0n) is 13.9. The Morgan fingerprint density at radius 1 is 1.23 bits per heavy atom. The highest BCUT2D eigenvalue weighted by Gasteiger charge is 2.09. The number of hydrogen-bond donors (Lipinski definition) is 1. The van der Waals surface area contributed by atoms with Crippen molar-refractivity contribution in [1.82, 2.24) is 15.5 Å². The maximum absolute atomic E-state index is 11.9. The molecular formula is C19H15Cl2N3O2. The molecular weight excluding hydrogens is 373 g/mol. The summed E-state index contributed by atoms with van der Waals surface area (Å²) in [6.07, 6.45) is 2.99. The van der Waals surface area contributed by atoms with Gasteiger partial charge in [0.15, 0.2) is 0 Å². The van der Waals surface area contributed by atoms with Crippen molar-refractivity contribution in [3.05, 3.63) is 75.6 Å². The van der Waals surface area contributed by atoms with Crippen LogP contribution >= 0.6 is 23.2 Å². The Morgan fingerprint density at radius 2 is 2.08 bits per heavy atom. The van der Waals surface area contributed by atoms with Gasteiger partial charge >= 0.3 is 0 Å². The maximum Gasteiger partial charge on any atom is 0.246 e. The van der Waals surface area contributed by atoms with Gasteiger partial charge < -0.3 is 9.84 Å². The predicted molar refractivity (Wildman–Crippen MR) is 102 cm³/mol. The highest BCUT2D eigenvalue weighted by atomic mass is 35.5. The van der Waals surface area contributed by atoms with Gasteiger partial charge in [0.25, 0.3) is 0 Å². The fourth-order valence-electron chi connectivity index (χ4n) is 2.25. The molecule has 0 saturated heterocycles. The number of nitrogens with zero attached hydrogens (tertiary/aromatic N) is 2. The molecule has 0 saturated carbocycles. The molecule has 0 aliphatic rings. The first-order valence-electron chi connectivity index (χ1n) is 7.82. The molecule has 26 heavy (non-hydrogen) atoms. The van der Waals surface area contributed by atoms with Crippen LogP contribution in [0.15, 0.2) is 53.1 Å². The molecule has 7 heteroatoms. The molecule has 0 radical (unpaired) electrons. The molecule has 2 aromatic carbocycles. The van der Waals surface area contributed by atoms with E-state index in [2.05, 4.69) is 15.5 Å². The van der Waals surface area contributed by atoms with E-state index in [9.17, 15) is 4.79 Å². The fraction of sp³-hybridized carbons (Fsp3) is 0.105. The summed E-state index contributed by atoms with van der Waals surface area (Å²) in [7, 11) is 0. The molecule has 132 valence electrons. The zero-order valence-corrected chi connectivity index (χ0v) is 15.4. The molecule has 3 aromatic rings. The van der Waals surface area contributed by atoms with Gasteiger partial charge in [0.2, 0.25) is 17.6 Å². The lowest BCUT2D eigenvalue weighted by Crippen LogP contribution is -2.20. The highest BCUT2D eigenvalue weighted by Crippen LogP contribution is 2.22. The normalized spacial score (nSPS) is 11.0. The highest BCUT2D eigenvalue weighted by molar-refractivity contribution is 6.35. The Balaban J connectivity index is 1.59. The Hall–Kier alpha value is -2.63. The molecule has 0 bridgehead atoms. The van der Waals surface area contributed by atoms with Crippen molar-refractivity contribution in [1.29, 1.82) is 0 Å². The number of rotatable bonds is 5. The molecule has 0 aliphatic heterocycles. The number of carbonyl (C=O) groups excluding carboxylic acids is 1. The molecule has 1 amide bonds. The third-order valence-electron chi connectivity index (χ3n) is 3.53. The van der Waals surface area contributed by atoms with E-state index >= 15 is 0 Å². The van der Waals surface area contributed by atoms with Gasteiger partial charge in [-0.05, 0) is 36.8 Å². The quantitative estimate of drug-likeness (QED) is 0.645. The van der Waals surface area contributed by atoms with E-state index < -0.39 is 0 Å². The third-order valence-corrected chi connectivity index (χ3v) is 4.10. The summed E-state index contributed by atoms with van der Waals surface area (Å²) in [5.74, 6) is 0.514. The van der Waals surface area contributed by atoms with Gasteiger partial charge in [-0.25, -0.2) is 0 Å². The zero-order chi connectivity index (χ0) is 18.5. The Kier molecular flexibility index (Phi) is 5.71. The molecule has 0 atom stereocenters. The number of halogens is 2. The summed E-state index contributed by atoms with van der Waals surface area (Å²) in [6.45, 7) is 2.13. The second kappa shape index (κ2) is 8.17. The number of hydrogen-bond acceptors (Lipinski definition) is 4. The van der Waals surface area contributed by atoms with E-state index in [1.165, 1.54) is 6.08 Å². The second-order valence-corrected chi connectivity index (χ2v) is 6.44. The SMILES string of the molecule is Cc1cccc(-c2noc(CNC(=O)/C=C/c3ccc(Cl)cc3Cl)n2)c1. The number of benzene rings is 2. The van der Waals surface area contributed by atoms with Crippen molar-refractivity contribution in [2.75, 3.05) is 0 Å². The summed E-state index contributed by atoms with van der Waals surface area (Å²) in [5.41, 5.74) is 2.67. The van der Waals surface area contributed by atoms with Gasteiger partial charge in [0.1, 0.15) is 0 Å². The summed E-state index contributed by atoms with van der Waals surface area (Å²) >= 11 is 11.9. The van der Waals surface area contributed by atoms with Crippen LogP contribution in [0.3, 0.4) is 0 Å². The molecule has 3 rings (SSSR count). The largest absolute Gasteiger partial charge is 0.343 e. The van der Waals surface area contributed by atoms with Gasteiger partial charge in [-0.3, -0.25) is 4.79 Å². The van der Waals surface area contributed by atoms with Crippen LogP contribution in [-0.4, -0.2) is 16.0 Å². The van der Waals surface area contributed by atoms with Gasteiger partial charge in [0, 0.05) is 21.7 Å². The van der Waals surface area contributed by atoms with Gasteiger partial charge in [-0.2, -0.15) is 4.98 Å². The van der Waals surface area contributed by atoms with Crippen molar-refractivity contribution in [3.63, 3.8) is 0 Å². The lowest BCUT2D eigenvalue weighted by atomic mass is 10.1. The molecule has 0 aliphatic carbocycles. The van der Waals surface area contributed by atoms with Crippen LogP contribution in [0.25, 0.3) is 17.5 Å². The number of amides is 1. The van der Waals surface area contributed by atoms with Gasteiger partial charge in [-0.15, -0.1) is 0 Å². The smallest absolute Gasteiger partial charge is 0.246 e. The van der Waals surface area contributed by atoms with Crippen LogP contribution < -0.4 is 5.32 Å². The Morgan fingerprint density at radius 3 is 2.85 bits per heavy atom. The van der Waals surface area contributed by atoms with E-state index in [0.29, 0.717) is 27.3 Å². The Labute approximate surface area is 160 Å². The van der Waals surface area contributed by atoms with Crippen LogP contribution in [-0.2, 0) is 11.3 Å². The number of aromatic nitrogens is 2. The first-order valence-corrected chi connectivity index (χ1v) is 8.57. The number of aryl methyl sites for hydroxylation is 1. The molecule has 5 nitrogen and oxygen atoms in total. The van der Waals surface area contributed by atoms with Crippen molar-refractivity contribution in [2.45, 2.75) is 13.5 Å².